The van der Waals surface area contributed by atoms with Crippen molar-refractivity contribution in [1.82, 2.24) is 0 Å². The number of carbonyl (C=O) groups is 2. The molecule has 0 aromatic carbocycles. The summed E-state index contributed by atoms with van der Waals surface area (Å²) in [5, 5.41) is 0. The van der Waals surface area contributed by atoms with E-state index in [1.54, 1.807) is 13.8 Å². The standard InChI is InChI=1S/C11H17F3O4/c1-3-8(10(16)18-4-2)9(15)5-6-17-7-11(12,13)14/h8H,3-7H2,1-2H3. The molecule has 0 rings (SSSR count). The number of carbonyl (C=O) groups excluding carboxylic acids is 2. The average Bonchev–Trinajstić information content (AvgIpc) is 2.24. The molecule has 0 aliphatic carbocycles. The van der Waals surface area contributed by atoms with Crippen LogP contribution in [0.25, 0.3) is 0 Å². The molecule has 1 unspecified atom stereocenters. The zero-order chi connectivity index (χ0) is 14.2. The second kappa shape index (κ2) is 8.07. The second-order valence-electron chi connectivity index (χ2n) is 3.60. The van der Waals surface area contributed by atoms with Crippen LogP contribution in [0.5, 0.6) is 0 Å². The maximum atomic E-state index is 11.7. The highest BCUT2D eigenvalue weighted by molar-refractivity contribution is 5.98. The summed E-state index contributed by atoms with van der Waals surface area (Å²) in [4.78, 5) is 22.9. The van der Waals surface area contributed by atoms with Crippen LogP contribution in [0.4, 0.5) is 13.2 Å². The van der Waals surface area contributed by atoms with E-state index in [9.17, 15) is 22.8 Å². The highest BCUT2D eigenvalue weighted by Crippen LogP contribution is 2.15. The molecule has 0 saturated heterocycles. The van der Waals surface area contributed by atoms with Gasteiger partial charge in [-0.1, -0.05) is 6.92 Å². The molecule has 0 N–H and O–H groups in total. The van der Waals surface area contributed by atoms with Crippen LogP contribution < -0.4 is 0 Å². The van der Waals surface area contributed by atoms with Crippen LogP contribution in [0.15, 0.2) is 0 Å². The summed E-state index contributed by atoms with van der Waals surface area (Å²) in [6.45, 7) is 1.66. The van der Waals surface area contributed by atoms with E-state index >= 15 is 0 Å². The Morgan fingerprint density at radius 2 is 1.83 bits per heavy atom. The molecule has 0 aromatic rings. The SMILES string of the molecule is CCOC(=O)C(CC)C(=O)CCOCC(F)(F)F. The molecule has 18 heavy (non-hydrogen) atoms. The van der Waals surface area contributed by atoms with Crippen LogP contribution in [-0.4, -0.2) is 37.7 Å². The van der Waals surface area contributed by atoms with E-state index in [1.165, 1.54) is 0 Å². The number of hydrogen-bond donors (Lipinski definition) is 0. The van der Waals surface area contributed by atoms with Crippen molar-refractivity contribution < 1.29 is 32.2 Å². The maximum absolute atomic E-state index is 11.7. The van der Waals surface area contributed by atoms with Gasteiger partial charge in [0.15, 0.2) is 0 Å². The molecule has 0 saturated carbocycles. The van der Waals surface area contributed by atoms with Crippen molar-refractivity contribution in [2.45, 2.75) is 32.9 Å². The molecule has 0 bridgehead atoms. The summed E-state index contributed by atoms with van der Waals surface area (Å²) in [6, 6.07) is 0. The summed E-state index contributed by atoms with van der Waals surface area (Å²) in [7, 11) is 0. The fraction of sp³-hybridized carbons (Fsp3) is 0.818. The lowest BCUT2D eigenvalue weighted by atomic mass is 9.99. The number of alkyl halides is 3. The van der Waals surface area contributed by atoms with E-state index in [-0.39, 0.29) is 26.1 Å². The van der Waals surface area contributed by atoms with Crippen molar-refractivity contribution in [3.05, 3.63) is 0 Å². The molecule has 0 aliphatic heterocycles. The van der Waals surface area contributed by atoms with Crippen molar-refractivity contribution in [3.8, 4) is 0 Å². The van der Waals surface area contributed by atoms with Crippen LogP contribution in [0.1, 0.15) is 26.7 Å². The van der Waals surface area contributed by atoms with Crippen molar-refractivity contribution in [1.29, 1.82) is 0 Å². The third-order valence-corrected chi connectivity index (χ3v) is 2.13. The quantitative estimate of drug-likeness (QED) is 0.385. The molecule has 7 heteroatoms. The molecule has 4 nitrogen and oxygen atoms in total. The highest BCUT2D eigenvalue weighted by atomic mass is 19.4. The Bertz CT molecular complexity index is 276. The number of ether oxygens (including phenoxy) is 2. The van der Waals surface area contributed by atoms with Gasteiger partial charge in [0, 0.05) is 6.42 Å². The van der Waals surface area contributed by atoms with E-state index in [4.69, 9.17) is 4.74 Å². The van der Waals surface area contributed by atoms with Gasteiger partial charge in [-0.2, -0.15) is 13.2 Å². The number of esters is 1. The Balaban J connectivity index is 4.02. The maximum Gasteiger partial charge on any atom is 0.411 e. The van der Waals surface area contributed by atoms with E-state index in [2.05, 4.69) is 4.74 Å². The predicted molar refractivity (Wildman–Crippen MR) is 56.9 cm³/mol. The summed E-state index contributed by atoms with van der Waals surface area (Å²) < 4.78 is 44.2. The lowest BCUT2D eigenvalue weighted by Gasteiger charge is -2.12. The van der Waals surface area contributed by atoms with Crippen molar-refractivity contribution >= 4 is 11.8 Å². The Morgan fingerprint density at radius 1 is 1.22 bits per heavy atom. The van der Waals surface area contributed by atoms with Crippen LogP contribution in [0.3, 0.4) is 0 Å². The molecule has 0 fully saturated rings. The van der Waals surface area contributed by atoms with Gasteiger partial charge in [-0.25, -0.2) is 0 Å². The fourth-order valence-electron chi connectivity index (χ4n) is 1.30. The third-order valence-electron chi connectivity index (χ3n) is 2.13. The average molecular weight is 270 g/mol. The van der Waals surface area contributed by atoms with Gasteiger partial charge in [-0.3, -0.25) is 9.59 Å². The molecule has 106 valence electrons. The van der Waals surface area contributed by atoms with Crippen molar-refractivity contribution in [2.75, 3.05) is 19.8 Å². The van der Waals surface area contributed by atoms with E-state index in [0.29, 0.717) is 0 Å². The van der Waals surface area contributed by atoms with Crippen molar-refractivity contribution in [2.24, 2.45) is 5.92 Å². The topological polar surface area (TPSA) is 52.6 Å². The highest BCUT2D eigenvalue weighted by Gasteiger charge is 2.28. The molecule has 1 atom stereocenters. The minimum atomic E-state index is -4.41. The molecule has 0 aromatic heterocycles. The minimum absolute atomic E-state index is 0.160. The number of Topliss-reactive ketones (excluding diaryl/α,β-unsaturated/α-hetero) is 1. The van der Waals surface area contributed by atoms with Crippen LogP contribution in [0.2, 0.25) is 0 Å². The molecular weight excluding hydrogens is 253 g/mol. The van der Waals surface area contributed by atoms with Gasteiger partial charge >= 0.3 is 12.1 Å². The first-order valence-corrected chi connectivity index (χ1v) is 5.65. The molecule has 0 heterocycles. The van der Waals surface area contributed by atoms with E-state index in [1.807, 2.05) is 0 Å². The second-order valence-corrected chi connectivity index (χ2v) is 3.60. The fourth-order valence-corrected chi connectivity index (χ4v) is 1.30. The zero-order valence-electron chi connectivity index (χ0n) is 10.4. The van der Waals surface area contributed by atoms with Gasteiger partial charge in [0.2, 0.25) is 0 Å². The normalized spacial score (nSPS) is 13.2. The van der Waals surface area contributed by atoms with Gasteiger partial charge in [0.05, 0.1) is 13.2 Å². The molecular formula is C11H17F3O4. The number of ketones is 1. The Kier molecular flexibility index (Phi) is 7.58. The van der Waals surface area contributed by atoms with E-state index in [0.717, 1.165) is 0 Å². The Labute approximate surface area is 103 Å². The van der Waals surface area contributed by atoms with Crippen LogP contribution in [-0.2, 0) is 19.1 Å². The lowest BCUT2D eigenvalue weighted by Crippen LogP contribution is -2.27. The summed E-state index contributed by atoms with van der Waals surface area (Å²) in [6.07, 6.45) is -4.38. The summed E-state index contributed by atoms with van der Waals surface area (Å²) >= 11 is 0. The number of halogens is 3. The predicted octanol–water partition coefficient (Wildman–Crippen LogP) is 2.11. The van der Waals surface area contributed by atoms with Gasteiger partial charge in [-0.15, -0.1) is 0 Å². The molecule has 0 aliphatic rings. The lowest BCUT2D eigenvalue weighted by molar-refractivity contribution is -0.175. The Hall–Kier alpha value is -1.11. The zero-order valence-corrected chi connectivity index (χ0v) is 10.4. The summed E-state index contributed by atoms with van der Waals surface area (Å²) in [5.74, 6) is -2.02. The van der Waals surface area contributed by atoms with Gasteiger partial charge in [-0.05, 0) is 13.3 Å². The molecule has 0 spiro atoms. The number of hydrogen-bond acceptors (Lipinski definition) is 4. The van der Waals surface area contributed by atoms with Crippen molar-refractivity contribution in [3.63, 3.8) is 0 Å². The largest absolute Gasteiger partial charge is 0.465 e. The first kappa shape index (κ1) is 16.9. The molecule has 0 radical (unpaired) electrons. The third kappa shape index (κ3) is 7.26. The van der Waals surface area contributed by atoms with Gasteiger partial charge in [0.25, 0.3) is 0 Å². The smallest absolute Gasteiger partial charge is 0.411 e. The van der Waals surface area contributed by atoms with Gasteiger partial charge in [0.1, 0.15) is 18.3 Å². The van der Waals surface area contributed by atoms with Crippen LogP contribution in [0, 0.1) is 5.92 Å². The minimum Gasteiger partial charge on any atom is -0.465 e. The summed E-state index contributed by atoms with van der Waals surface area (Å²) in [5.41, 5.74) is 0. The monoisotopic (exact) mass is 270 g/mol. The Morgan fingerprint density at radius 3 is 2.28 bits per heavy atom. The van der Waals surface area contributed by atoms with Crippen LogP contribution >= 0.6 is 0 Å². The first-order chi connectivity index (χ1) is 8.31. The number of rotatable bonds is 8. The van der Waals surface area contributed by atoms with Gasteiger partial charge < -0.3 is 9.47 Å². The first-order valence-electron chi connectivity index (χ1n) is 5.65. The molecule has 0 amide bonds. The van der Waals surface area contributed by atoms with E-state index < -0.39 is 30.5 Å².